The molecule has 1 atom stereocenters. The van der Waals surface area contributed by atoms with Crippen molar-refractivity contribution in [3.05, 3.63) is 77.5 Å². The number of rotatable bonds is 5. The molecule has 0 radical (unpaired) electrons. The number of amides is 1. The van der Waals surface area contributed by atoms with Crippen LogP contribution in [0.2, 0.25) is 0 Å². The van der Waals surface area contributed by atoms with Crippen LogP contribution in [0.5, 0.6) is 0 Å². The number of benzene rings is 1. The summed E-state index contributed by atoms with van der Waals surface area (Å²) in [6.45, 7) is 4.05. The predicted molar refractivity (Wildman–Crippen MR) is 110 cm³/mol. The Hall–Kier alpha value is -3.16. The summed E-state index contributed by atoms with van der Waals surface area (Å²) < 4.78 is 18.5. The van der Waals surface area contributed by atoms with Crippen molar-refractivity contribution in [2.75, 3.05) is 18.5 Å². The fraction of sp³-hybridized carbons (Fsp3) is 0.261. The lowest BCUT2D eigenvalue weighted by Crippen LogP contribution is -2.56. The van der Waals surface area contributed by atoms with Gasteiger partial charge in [0.2, 0.25) is 5.91 Å². The molecule has 0 aliphatic carbocycles. The Morgan fingerprint density at radius 3 is 2.47 bits per heavy atom. The van der Waals surface area contributed by atoms with E-state index in [1.54, 1.807) is 25.4 Å². The topological polar surface area (TPSA) is 84.3 Å². The van der Waals surface area contributed by atoms with E-state index in [1.165, 1.54) is 24.3 Å². The van der Waals surface area contributed by atoms with Crippen LogP contribution in [0.3, 0.4) is 0 Å². The Morgan fingerprint density at radius 2 is 1.90 bits per heavy atom. The van der Waals surface area contributed by atoms with Gasteiger partial charge < -0.3 is 15.2 Å². The molecule has 3 aromatic rings. The maximum atomic E-state index is 13.1. The maximum Gasteiger partial charge on any atom is 0.241 e. The third-order valence-electron chi connectivity index (χ3n) is 5.26. The molecule has 1 aromatic carbocycles. The Kier molecular flexibility index (Phi) is 5.32. The van der Waals surface area contributed by atoms with Crippen LogP contribution in [0.15, 0.2) is 54.9 Å². The molecule has 0 unspecified atom stereocenters. The molecule has 1 aliphatic rings. The summed E-state index contributed by atoms with van der Waals surface area (Å²) >= 11 is 0. The van der Waals surface area contributed by atoms with Gasteiger partial charge >= 0.3 is 0 Å². The normalized spacial score (nSPS) is 15.9. The van der Waals surface area contributed by atoms with Crippen LogP contribution in [-0.2, 0) is 14.9 Å². The molecule has 1 aliphatic heterocycles. The van der Waals surface area contributed by atoms with Crippen LogP contribution >= 0.6 is 0 Å². The first-order chi connectivity index (χ1) is 14.4. The zero-order valence-electron chi connectivity index (χ0n) is 16.7. The number of halogens is 1. The van der Waals surface area contributed by atoms with Crippen LogP contribution in [0.1, 0.15) is 29.8 Å². The Balaban J connectivity index is 1.61. The van der Waals surface area contributed by atoms with Gasteiger partial charge in [-0.1, -0.05) is 0 Å². The fourth-order valence-electron chi connectivity index (χ4n) is 3.45. The minimum atomic E-state index is -0.902. The van der Waals surface area contributed by atoms with Gasteiger partial charge in [-0.05, 0) is 61.9 Å². The first kappa shape index (κ1) is 20.1. The van der Waals surface area contributed by atoms with Crippen molar-refractivity contribution < 1.29 is 19.0 Å². The average molecular weight is 407 g/mol. The third-order valence-corrected chi connectivity index (χ3v) is 5.26. The molecule has 0 saturated carbocycles. The first-order valence-corrected chi connectivity index (χ1v) is 9.65. The lowest BCUT2D eigenvalue weighted by molar-refractivity contribution is -0.140. The molecule has 6 nitrogen and oxygen atoms in total. The van der Waals surface area contributed by atoms with Gasteiger partial charge in [0, 0.05) is 29.2 Å². The van der Waals surface area contributed by atoms with E-state index in [0.29, 0.717) is 17.1 Å². The van der Waals surface area contributed by atoms with Crippen molar-refractivity contribution in [2.24, 2.45) is 0 Å². The highest BCUT2D eigenvalue weighted by atomic mass is 19.1. The number of anilines is 1. The Labute approximate surface area is 173 Å². The van der Waals surface area contributed by atoms with Crippen molar-refractivity contribution in [3.8, 4) is 11.3 Å². The van der Waals surface area contributed by atoms with Gasteiger partial charge in [0.25, 0.3) is 0 Å². The lowest BCUT2D eigenvalue weighted by atomic mass is 9.80. The van der Waals surface area contributed by atoms with E-state index in [2.05, 4.69) is 15.3 Å². The van der Waals surface area contributed by atoms with Crippen molar-refractivity contribution in [2.45, 2.75) is 25.4 Å². The van der Waals surface area contributed by atoms with Crippen LogP contribution in [-0.4, -0.2) is 34.2 Å². The van der Waals surface area contributed by atoms with Gasteiger partial charge in [-0.3, -0.25) is 14.8 Å². The monoisotopic (exact) mass is 407 g/mol. The molecule has 1 saturated heterocycles. The summed E-state index contributed by atoms with van der Waals surface area (Å²) in [5.41, 5.74) is 3.29. The molecule has 7 heteroatoms. The van der Waals surface area contributed by atoms with E-state index in [9.17, 15) is 14.3 Å². The lowest BCUT2D eigenvalue weighted by Gasteiger charge is -2.39. The van der Waals surface area contributed by atoms with Crippen molar-refractivity contribution in [1.29, 1.82) is 0 Å². The number of carbonyl (C=O) groups is 1. The van der Waals surface area contributed by atoms with Crippen LogP contribution in [0.25, 0.3) is 11.3 Å². The highest BCUT2D eigenvalue weighted by Gasteiger charge is 2.48. The van der Waals surface area contributed by atoms with Gasteiger partial charge in [-0.2, -0.15) is 0 Å². The highest BCUT2D eigenvalue weighted by Crippen LogP contribution is 2.34. The van der Waals surface area contributed by atoms with Crippen molar-refractivity contribution in [1.82, 2.24) is 9.97 Å². The summed E-state index contributed by atoms with van der Waals surface area (Å²) in [5, 5.41) is 12.9. The van der Waals surface area contributed by atoms with Gasteiger partial charge in [0.1, 0.15) is 11.2 Å². The second-order valence-electron chi connectivity index (χ2n) is 7.59. The van der Waals surface area contributed by atoms with E-state index >= 15 is 0 Å². The van der Waals surface area contributed by atoms with Crippen LogP contribution < -0.4 is 5.32 Å². The second-order valence-corrected chi connectivity index (χ2v) is 7.59. The number of aliphatic hydroxyl groups is 1. The van der Waals surface area contributed by atoms with E-state index in [0.717, 1.165) is 16.7 Å². The van der Waals surface area contributed by atoms with Crippen molar-refractivity contribution >= 4 is 11.6 Å². The number of aliphatic hydroxyl groups excluding tert-OH is 1. The number of ether oxygens (including phenoxy) is 1. The summed E-state index contributed by atoms with van der Waals surface area (Å²) in [4.78, 5) is 22.0. The quantitative estimate of drug-likeness (QED) is 0.676. The molecule has 0 spiro atoms. The minimum absolute atomic E-state index is 0.216. The Morgan fingerprint density at radius 1 is 1.17 bits per heavy atom. The molecular weight excluding hydrogens is 385 g/mol. The third kappa shape index (κ3) is 3.69. The molecule has 30 heavy (non-hydrogen) atoms. The number of nitrogens with zero attached hydrogens (tertiary/aromatic N) is 2. The van der Waals surface area contributed by atoms with Gasteiger partial charge in [-0.15, -0.1) is 0 Å². The largest absolute Gasteiger partial charge is 0.389 e. The smallest absolute Gasteiger partial charge is 0.241 e. The fourth-order valence-corrected chi connectivity index (χ4v) is 3.45. The predicted octanol–water partition coefficient (Wildman–Crippen LogP) is 3.55. The summed E-state index contributed by atoms with van der Waals surface area (Å²) in [6.07, 6.45) is 2.73. The highest BCUT2D eigenvalue weighted by molar-refractivity contribution is 5.99. The summed E-state index contributed by atoms with van der Waals surface area (Å²) in [7, 11) is 0. The second kappa shape index (κ2) is 7.93. The molecule has 1 fully saturated rings. The molecule has 2 N–H and O–H groups in total. The van der Waals surface area contributed by atoms with Crippen LogP contribution in [0.4, 0.5) is 10.1 Å². The maximum absolute atomic E-state index is 13.1. The van der Waals surface area contributed by atoms with Gasteiger partial charge in [-0.25, -0.2) is 4.39 Å². The number of aromatic nitrogens is 2. The number of carbonyl (C=O) groups excluding carboxylic acids is 1. The van der Waals surface area contributed by atoms with E-state index in [-0.39, 0.29) is 24.9 Å². The number of hydrogen-bond donors (Lipinski definition) is 2. The minimum Gasteiger partial charge on any atom is -0.389 e. The average Bonchev–Trinajstić information content (AvgIpc) is 2.69. The van der Waals surface area contributed by atoms with E-state index < -0.39 is 11.5 Å². The van der Waals surface area contributed by atoms with Crippen LogP contribution in [0, 0.1) is 12.7 Å². The van der Waals surface area contributed by atoms with Crippen molar-refractivity contribution in [3.63, 3.8) is 0 Å². The molecular formula is C23H22FN3O3. The Bertz CT molecular complexity index is 1060. The molecule has 154 valence electrons. The SMILES string of the molecule is Cc1cnc(-c2ccc(C3(C(=O)Nc4ccc(F)cc4)COC3)nc2)c([C@H](C)O)c1. The first-order valence-electron chi connectivity index (χ1n) is 9.65. The van der Waals surface area contributed by atoms with Gasteiger partial charge in [0.15, 0.2) is 0 Å². The van der Waals surface area contributed by atoms with E-state index in [4.69, 9.17) is 4.74 Å². The molecule has 4 rings (SSSR count). The summed E-state index contributed by atoms with van der Waals surface area (Å²) in [5.74, 6) is -0.619. The number of aryl methyl sites for hydroxylation is 1. The molecule has 2 aromatic heterocycles. The van der Waals surface area contributed by atoms with E-state index in [1.807, 2.05) is 19.1 Å². The molecule has 3 heterocycles. The zero-order chi connectivity index (χ0) is 21.3. The number of hydrogen-bond acceptors (Lipinski definition) is 5. The van der Waals surface area contributed by atoms with Gasteiger partial charge in [0.05, 0.1) is 30.7 Å². The standard InChI is InChI=1S/C23H22FN3O3/c1-14-9-19(15(2)28)21(26-10-14)16-3-8-20(25-11-16)23(12-30-13-23)22(29)27-18-6-4-17(24)5-7-18/h3-11,15,28H,12-13H2,1-2H3,(H,27,29)/t15-/m0/s1. The zero-order valence-corrected chi connectivity index (χ0v) is 16.7. The molecule has 0 bridgehead atoms. The molecule has 1 amide bonds. The summed E-state index contributed by atoms with van der Waals surface area (Å²) in [6, 6.07) is 11.1. The number of nitrogens with one attached hydrogen (secondary N) is 1. The number of pyridine rings is 2.